The Kier molecular flexibility index (Phi) is 7.02. The number of furan rings is 1. The molecule has 0 saturated heterocycles. The minimum absolute atomic E-state index is 0. The van der Waals surface area contributed by atoms with E-state index >= 15 is 0 Å². The molecule has 0 aliphatic carbocycles. The number of hydrogen-bond acceptors (Lipinski definition) is 3. The van der Waals surface area contributed by atoms with Crippen LogP contribution in [0, 0.1) is 18.5 Å². The first-order valence-corrected chi connectivity index (χ1v) is 17.2. The van der Waals surface area contributed by atoms with Crippen LogP contribution >= 0.6 is 0 Å². The fourth-order valence-electron chi connectivity index (χ4n) is 7.92. The van der Waals surface area contributed by atoms with Gasteiger partial charge in [0.1, 0.15) is 5.65 Å². The fourth-order valence-corrected chi connectivity index (χ4v) is 7.92. The third-order valence-electron chi connectivity index (χ3n) is 10.3. The van der Waals surface area contributed by atoms with Crippen LogP contribution in [0.25, 0.3) is 99.4 Å². The summed E-state index contributed by atoms with van der Waals surface area (Å²) < 4.78 is 14.9. The standard InChI is InChI=1S/C31H17N4O.C14H11N2.Ir/c1-34-26-15-5-3-13-24(26)32-29(34)21-12-7-11-20-23-16-22-19-10-6-9-18-17-8-2-4-14-25(17)35(27(18)19)30(22)33-31(23)36-28(20)21;1-15-11-16(12-7-3-2-4-8-12)14-10-6-5-9-13(14)15;/h2-11,13-16H,1H3;2-7,9-10H,1H3;/q2*-1;+3. The normalized spacial score (nSPS) is 11.8. The molecule has 12 rings (SSSR count). The number of nitrogens with zero attached hydrogens (tertiary/aromatic N) is 6. The van der Waals surface area contributed by atoms with Crippen molar-refractivity contribution in [3.63, 3.8) is 0 Å². The molecule has 0 radical (unpaired) electrons. The van der Waals surface area contributed by atoms with E-state index in [4.69, 9.17) is 14.4 Å². The maximum Gasteiger partial charge on any atom is 3.00 e. The second-order valence-corrected chi connectivity index (χ2v) is 13.2. The minimum atomic E-state index is 0. The van der Waals surface area contributed by atoms with Crippen molar-refractivity contribution in [2.45, 2.75) is 0 Å². The zero-order valence-corrected chi connectivity index (χ0v) is 31.0. The van der Waals surface area contributed by atoms with Crippen molar-refractivity contribution in [3.8, 4) is 17.1 Å². The summed E-state index contributed by atoms with van der Waals surface area (Å²) in [7, 11) is 4.04. The summed E-state index contributed by atoms with van der Waals surface area (Å²) in [6.07, 6.45) is 3.27. The Labute approximate surface area is 316 Å². The molecule has 53 heavy (non-hydrogen) atoms. The van der Waals surface area contributed by atoms with Crippen LogP contribution in [0.4, 0.5) is 0 Å². The van der Waals surface area contributed by atoms with Gasteiger partial charge in [0.05, 0.1) is 51.6 Å². The Bertz CT molecular complexity index is 3330. The molecule has 0 saturated carbocycles. The third-order valence-corrected chi connectivity index (χ3v) is 10.3. The molecular weight excluding hydrogens is 833 g/mol. The van der Waals surface area contributed by atoms with Gasteiger partial charge in [0, 0.05) is 34.0 Å². The van der Waals surface area contributed by atoms with E-state index in [2.05, 4.69) is 100 Å². The molecule has 12 aromatic rings. The second kappa shape index (κ2) is 11.9. The van der Waals surface area contributed by atoms with Gasteiger partial charge in [0.25, 0.3) is 0 Å². The predicted molar refractivity (Wildman–Crippen MR) is 207 cm³/mol. The molecule has 6 heterocycles. The van der Waals surface area contributed by atoms with E-state index in [1.54, 1.807) is 0 Å². The van der Waals surface area contributed by atoms with Gasteiger partial charge in [0.2, 0.25) is 12.0 Å². The summed E-state index contributed by atoms with van der Waals surface area (Å²) in [6.45, 7) is 0. The molecule has 0 amide bonds. The van der Waals surface area contributed by atoms with Gasteiger partial charge < -0.3 is 18.1 Å². The van der Waals surface area contributed by atoms with E-state index in [1.807, 2.05) is 83.9 Å². The topological polar surface area (TPSA) is 57.1 Å². The smallest absolute Gasteiger partial charge is 0.486 e. The van der Waals surface area contributed by atoms with Gasteiger partial charge in [-0.2, -0.15) is 35.3 Å². The van der Waals surface area contributed by atoms with Crippen LogP contribution < -0.4 is 4.57 Å². The van der Waals surface area contributed by atoms with Crippen molar-refractivity contribution < 1.29 is 29.1 Å². The second-order valence-electron chi connectivity index (χ2n) is 13.2. The Morgan fingerprint density at radius 3 is 2.21 bits per heavy atom. The van der Waals surface area contributed by atoms with Crippen LogP contribution in [0.3, 0.4) is 0 Å². The van der Waals surface area contributed by atoms with Crippen LogP contribution in [-0.4, -0.2) is 23.5 Å². The molecule has 6 aromatic carbocycles. The summed E-state index contributed by atoms with van der Waals surface area (Å²) >= 11 is 0. The molecule has 0 bridgehead atoms. The summed E-state index contributed by atoms with van der Waals surface area (Å²) in [5.74, 6) is 0.830. The van der Waals surface area contributed by atoms with Gasteiger partial charge in [-0.3, -0.25) is 9.38 Å². The number of imidazole rings is 2. The summed E-state index contributed by atoms with van der Waals surface area (Å²) in [6, 6.07) is 52.2. The number of aryl methyl sites for hydroxylation is 2. The third kappa shape index (κ3) is 4.53. The van der Waals surface area contributed by atoms with Gasteiger partial charge in [0.15, 0.2) is 0 Å². The van der Waals surface area contributed by atoms with Crippen molar-refractivity contribution in [3.05, 3.63) is 152 Å². The molecule has 7 nitrogen and oxygen atoms in total. The Balaban J connectivity index is 0.000000173. The van der Waals surface area contributed by atoms with Gasteiger partial charge >= 0.3 is 20.1 Å². The van der Waals surface area contributed by atoms with Crippen LogP contribution in [0.15, 0.2) is 138 Å². The van der Waals surface area contributed by atoms with Crippen molar-refractivity contribution in [1.29, 1.82) is 0 Å². The van der Waals surface area contributed by atoms with E-state index < -0.39 is 0 Å². The van der Waals surface area contributed by atoms with E-state index in [0.29, 0.717) is 5.71 Å². The number of pyridine rings is 1. The van der Waals surface area contributed by atoms with Gasteiger partial charge in [-0.15, -0.1) is 18.2 Å². The molecule has 8 heteroatoms. The Hall–Kier alpha value is -6.34. The van der Waals surface area contributed by atoms with Crippen LogP contribution in [-0.2, 0) is 34.2 Å². The first-order valence-electron chi connectivity index (χ1n) is 17.2. The van der Waals surface area contributed by atoms with Gasteiger partial charge in [-0.25, -0.2) is 0 Å². The predicted octanol–water partition coefficient (Wildman–Crippen LogP) is 9.54. The SMILES string of the molecule is C[n+]1[c-]n(-c2[c-]cccc2)c2ccccc21.Cn1c(-c2[c-]ccc3c2oc2nc4c(cc23)c2cccc3c5ccccc5n4c32)nc2ccccc21.[Ir+3]. The molecule has 6 aromatic heterocycles. The number of rotatable bonds is 2. The molecule has 0 N–H and O–H groups in total. The molecular formula is C45H28IrN6O+. The molecule has 0 aliphatic heterocycles. The van der Waals surface area contributed by atoms with Crippen LogP contribution in [0.5, 0.6) is 0 Å². The van der Waals surface area contributed by atoms with Gasteiger partial charge in [-0.05, 0) is 24.3 Å². The molecule has 0 unspecified atom stereocenters. The van der Waals surface area contributed by atoms with E-state index in [-0.39, 0.29) is 20.1 Å². The maximum absolute atomic E-state index is 6.49. The summed E-state index contributed by atoms with van der Waals surface area (Å²) in [5, 5.41) is 6.86. The quantitative estimate of drug-likeness (QED) is 0.129. The summed E-state index contributed by atoms with van der Waals surface area (Å²) in [5.41, 5.74) is 10.9. The minimum Gasteiger partial charge on any atom is -0.486 e. The number of hydrogen-bond donors (Lipinski definition) is 0. The number of fused-ring (bicyclic) bond motifs is 11. The first kappa shape index (κ1) is 31.4. The number of para-hydroxylation sites is 7. The van der Waals surface area contributed by atoms with Crippen molar-refractivity contribution >= 4 is 82.4 Å². The van der Waals surface area contributed by atoms with E-state index in [0.717, 1.165) is 66.5 Å². The number of benzene rings is 6. The van der Waals surface area contributed by atoms with E-state index in [1.165, 1.54) is 27.2 Å². The summed E-state index contributed by atoms with van der Waals surface area (Å²) in [4.78, 5) is 10.0. The first-order chi connectivity index (χ1) is 25.6. The van der Waals surface area contributed by atoms with Crippen molar-refractivity contribution in [1.82, 2.24) is 23.5 Å². The Morgan fingerprint density at radius 1 is 0.642 bits per heavy atom. The van der Waals surface area contributed by atoms with E-state index in [9.17, 15) is 0 Å². The molecule has 252 valence electrons. The molecule has 0 atom stereocenters. The van der Waals surface area contributed by atoms with Crippen molar-refractivity contribution in [2.75, 3.05) is 0 Å². The van der Waals surface area contributed by atoms with Gasteiger partial charge in [-0.1, -0.05) is 89.4 Å². The average molecular weight is 861 g/mol. The van der Waals surface area contributed by atoms with Crippen LogP contribution in [0.2, 0.25) is 0 Å². The number of aromatic nitrogens is 6. The zero-order valence-electron chi connectivity index (χ0n) is 28.6. The zero-order chi connectivity index (χ0) is 34.5. The van der Waals surface area contributed by atoms with Crippen LogP contribution in [0.1, 0.15) is 0 Å². The fraction of sp³-hybridized carbons (Fsp3) is 0.0444. The monoisotopic (exact) mass is 861 g/mol. The van der Waals surface area contributed by atoms with Crippen molar-refractivity contribution in [2.24, 2.45) is 14.1 Å². The maximum atomic E-state index is 6.49. The Morgan fingerprint density at radius 2 is 1.38 bits per heavy atom. The molecule has 0 aliphatic rings. The average Bonchev–Trinajstić information content (AvgIpc) is 3.99. The molecule has 0 fully saturated rings. The molecule has 0 spiro atoms. The largest absolute Gasteiger partial charge is 3.00 e.